The lowest BCUT2D eigenvalue weighted by molar-refractivity contribution is -0.141. The summed E-state index contributed by atoms with van der Waals surface area (Å²) < 4.78 is 39.7. The lowest BCUT2D eigenvalue weighted by atomic mass is 10.1. The molecule has 2 aromatic rings. The van der Waals surface area contributed by atoms with E-state index in [1.807, 2.05) is 13.0 Å². The fourth-order valence-electron chi connectivity index (χ4n) is 2.36. The van der Waals surface area contributed by atoms with Crippen molar-refractivity contribution in [2.24, 2.45) is 0 Å². The maximum Gasteiger partial charge on any atom is 0.435 e. The minimum atomic E-state index is -4.60. The highest BCUT2D eigenvalue weighted by Crippen LogP contribution is 2.32. The molecule has 0 bridgehead atoms. The predicted molar refractivity (Wildman–Crippen MR) is 79.9 cm³/mol. The SMILES string of the molecule is Cc1ccc(C(=O)n2nc(C(F)(F)F)cc2C2=CC=CC2)cc1. The number of hydrogen-bond acceptors (Lipinski definition) is 2. The smallest absolute Gasteiger partial charge is 0.267 e. The Bertz CT molecular complexity index is 811. The van der Waals surface area contributed by atoms with E-state index >= 15 is 0 Å². The second kappa shape index (κ2) is 5.53. The zero-order valence-electron chi connectivity index (χ0n) is 12.3. The molecule has 1 aliphatic rings. The highest BCUT2D eigenvalue weighted by atomic mass is 19.4. The maximum absolute atomic E-state index is 13.0. The van der Waals surface area contributed by atoms with E-state index < -0.39 is 17.8 Å². The molecule has 0 amide bonds. The van der Waals surface area contributed by atoms with Crippen LogP contribution >= 0.6 is 0 Å². The molecule has 0 unspecified atom stereocenters. The van der Waals surface area contributed by atoms with Gasteiger partial charge in [-0.3, -0.25) is 4.79 Å². The van der Waals surface area contributed by atoms with Crippen LogP contribution in [-0.2, 0) is 6.18 Å². The van der Waals surface area contributed by atoms with Crippen molar-refractivity contribution in [3.8, 4) is 0 Å². The van der Waals surface area contributed by atoms with Crippen LogP contribution in [-0.4, -0.2) is 15.7 Å². The largest absolute Gasteiger partial charge is 0.435 e. The fourth-order valence-corrected chi connectivity index (χ4v) is 2.36. The molecular weight excluding hydrogens is 305 g/mol. The summed E-state index contributed by atoms with van der Waals surface area (Å²) in [5.41, 5.74) is 0.989. The molecule has 0 aliphatic heterocycles. The molecule has 0 saturated heterocycles. The maximum atomic E-state index is 13.0. The zero-order chi connectivity index (χ0) is 16.6. The second-order valence-corrected chi connectivity index (χ2v) is 5.32. The molecule has 23 heavy (non-hydrogen) atoms. The predicted octanol–water partition coefficient (Wildman–Crippen LogP) is 4.24. The Morgan fingerprint density at radius 3 is 2.48 bits per heavy atom. The Labute approximate surface area is 130 Å². The van der Waals surface area contributed by atoms with Gasteiger partial charge in [0.05, 0.1) is 5.69 Å². The number of nitrogens with zero attached hydrogens (tertiary/aromatic N) is 2. The number of halogens is 3. The number of allylic oxidation sites excluding steroid dienone is 4. The van der Waals surface area contributed by atoms with Crippen molar-refractivity contribution in [2.45, 2.75) is 19.5 Å². The van der Waals surface area contributed by atoms with E-state index in [9.17, 15) is 18.0 Å². The molecular formula is C17H13F3N2O. The summed E-state index contributed by atoms with van der Waals surface area (Å²) in [5.74, 6) is -0.580. The number of carbonyl (C=O) groups excluding carboxylic acids is 1. The minimum absolute atomic E-state index is 0.174. The molecule has 1 aromatic carbocycles. The second-order valence-electron chi connectivity index (χ2n) is 5.32. The third-order valence-corrected chi connectivity index (χ3v) is 3.59. The summed E-state index contributed by atoms with van der Waals surface area (Å²) in [7, 11) is 0. The van der Waals surface area contributed by atoms with Crippen LogP contribution in [0.1, 0.15) is 33.7 Å². The van der Waals surface area contributed by atoms with Crippen molar-refractivity contribution in [1.29, 1.82) is 0 Å². The number of alkyl halides is 3. The topological polar surface area (TPSA) is 34.9 Å². The quantitative estimate of drug-likeness (QED) is 0.830. The van der Waals surface area contributed by atoms with Crippen molar-refractivity contribution in [1.82, 2.24) is 9.78 Å². The molecule has 0 radical (unpaired) electrons. The van der Waals surface area contributed by atoms with Gasteiger partial charge >= 0.3 is 6.18 Å². The van der Waals surface area contributed by atoms with Gasteiger partial charge in [-0.15, -0.1) is 0 Å². The molecule has 3 rings (SSSR count). The normalized spacial score (nSPS) is 14.2. The summed E-state index contributed by atoms with van der Waals surface area (Å²) in [6.07, 6.45) is 1.13. The first-order valence-electron chi connectivity index (χ1n) is 7.01. The van der Waals surface area contributed by atoms with E-state index in [2.05, 4.69) is 5.10 Å². The van der Waals surface area contributed by atoms with E-state index in [-0.39, 0.29) is 5.69 Å². The first kappa shape index (κ1) is 15.3. The molecule has 0 N–H and O–H groups in total. The van der Waals surface area contributed by atoms with E-state index in [1.54, 1.807) is 36.4 Å². The van der Waals surface area contributed by atoms with E-state index in [0.717, 1.165) is 16.3 Å². The van der Waals surface area contributed by atoms with Crippen LogP contribution in [0, 0.1) is 6.92 Å². The Balaban J connectivity index is 2.08. The molecule has 0 atom stereocenters. The Kier molecular flexibility index (Phi) is 3.67. The molecule has 0 spiro atoms. The summed E-state index contributed by atoms with van der Waals surface area (Å²) in [4.78, 5) is 12.6. The molecule has 6 heteroatoms. The van der Waals surface area contributed by atoms with Crippen LogP contribution in [0.2, 0.25) is 0 Å². The van der Waals surface area contributed by atoms with E-state index in [1.165, 1.54) is 0 Å². The molecule has 0 fully saturated rings. The van der Waals surface area contributed by atoms with Crippen molar-refractivity contribution >= 4 is 11.5 Å². The molecule has 1 heterocycles. The Morgan fingerprint density at radius 2 is 1.91 bits per heavy atom. The first-order valence-corrected chi connectivity index (χ1v) is 7.01. The Morgan fingerprint density at radius 1 is 1.22 bits per heavy atom. The van der Waals surface area contributed by atoms with Gasteiger partial charge in [0.2, 0.25) is 0 Å². The van der Waals surface area contributed by atoms with Gasteiger partial charge in [-0.05, 0) is 37.1 Å². The molecule has 1 aliphatic carbocycles. The summed E-state index contributed by atoms with van der Waals surface area (Å²) in [5, 5.41) is 3.50. The fraction of sp³-hybridized carbons (Fsp3) is 0.176. The number of rotatable bonds is 2. The monoisotopic (exact) mass is 318 g/mol. The van der Waals surface area contributed by atoms with E-state index in [4.69, 9.17) is 0 Å². The van der Waals surface area contributed by atoms with Gasteiger partial charge in [-0.1, -0.05) is 35.9 Å². The molecule has 1 aromatic heterocycles. The highest BCUT2D eigenvalue weighted by Gasteiger charge is 2.36. The van der Waals surface area contributed by atoms with Gasteiger partial charge in [-0.2, -0.15) is 23.0 Å². The number of carbonyl (C=O) groups is 1. The van der Waals surface area contributed by atoms with Gasteiger partial charge in [-0.25, -0.2) is 0 Å². The van der Waals surface area contributed by atoms with E-state index in [0.29, 0.717) is 17.6 Å². The van der Waals surface area contributed by atoms with Crippen molar-refractivity contribution in [3.63, 3.8) is 0 Å². The van der Waals surface area contributed by atoms with Crippen LogP contribution in [0.25, 0.3) is 5.57 Å². The van der Waals surface area contributed by atoms with Crippen LogP contribution in [0.15, 0.2) is 48.6 Å². The van der Waals surface area contributed by atoms with Crippen molar-refractivity contribution < 1.29 is 18.0 Å². The average Bonchev–Trinajstić information content (AvgIpc) is 3.15. The van der Waals surface area contributed by atoms with Crippen LogP contribution in [0.3, 0.4) is 0 Å². The van der Waals surface area contributed by atoms with Gasteiger partial charge in [0.1, 0.15) is 0 Å². The number of hydrogen-bond donors (Lipinski definition) is 0. The third-order valence-electron chi connectivity index (χ3n) is 3.59. The summed E-state index contributed by atoms with van der Waals surface area (Å²) >= 11 is 0. The summed E-state index contributed by atoms with van der Waals surface area (Å²) in [6.45, 7) is 1.87. The van der Waals surface area contributed by atoms with Crippen molar-refractivity contribution in [2.75, 3.05) is 0 Å². The van der Waals surface area contributed by atoms with Gasteiger partial charge in [0, 0.05) is 5.56 Å². The third kappa shape index (κ3) is 2.97. The number of aromatic nitrogens is 2. The zero-order valence-corrected chi connectivity index (χ0v) is 12.3. The number of benzene rings is 1. The van der Waals surface area contributed by atoms with Gasteiger partial charge in [0.25, 0.3) is 5.91 Å². The molecule has 0 saturated carbocycles. The highest BCUT2D eigenvalue weighted by molar-refractivity contribution is 5.97. The average molecular weight is 318 g/mol. The lowest BCUT2D eigenvalue weighted by Crippen LogP contribution is -2.17. The Hall–Kier alpha value is -2.63. The summed E-state index contributed by atoms with van der Waals surface area (Å²) in [6, 6.07) is 7.55. The van der Waals surface area contributed by atoms with Crippen molar-refractivity contribution in [3.05, 3.63) is 71.1 Å². The molecule has 3 nitrogen and oxygen atoms in total. The number of aryl methyl sites for hydroxylation is 1. The lowest BCUT2D eigenvalue weighted by Gasteiger charge is -2.07. The minimum Gasteiger partial charge on any atom is -0.267 e. The van der Waals surface area contributed by atoms with Gasteiger partial charge in [0.15, 0.2) is 5.69 Å². The van der Waals surface area contributed by atoms with Crippen LogP contribution in [0.4, 0.5) is 13.2 Å². The van der Waals surface area contributed by atoms with Crippen LogP contribution in [0.5, 0.6) is 0 Å². The van der Waals surface area contributed by atoms with Gasteiger partial charge < -0.3 is 0 Å². The molecule has 118 valence electrons. The standard InChI is InChI=1S/C17H13F3N2O/c1-11-6-8-13(9-7-11)16(23)22-14(12-4-2-3-5-12)10-15(21-22)17(18,19)20/h2-4,6-10H,5H2,1H3. The first-order chi connectivity index (χ1) is 10.9. The van der Waals surface area contributed by atoms with Crippen LogP contribution < -0.4 is 0 Å².